The van der Waals surface area contributed by atoms with Crippen molar-refractivity contribution in [2.24, 2.45) is 0 Å². The predicted molar refractivity (Wildman–Crippen MR) is 102 cm³/mol. The molecule has 0 aliphatic carbocycles. The zero-order valence-corrected chi connectivity index (χ0v) is 15.6. The fraction of sp³-hybridized carbons (Fsp3) is 0.250. The van der Waals surface area contributed by atoms with Crippen LogP contribution in [-0.2, 0) is 0 Å². The number of aryl methyl sites for hydroxylation is 2. The van der Waals surface area contributed by atoms with E-state index < -0.39 is 12.3 Å². The van der Waals surface area contributed by atoms with Crippen LogP contribution in [0, 0.1) is 13.8 Å². The second-order valence-corrected chi connectivity index (χ2v) is 6.79. The molecule has 0 spiro atoms. The first kappa shape index (κ1) is 18.1. The van der Waals surface area contributed by atoms with Crippen molar-refractivity contribution in [3.05, 3.63) is 53.8 Å². The normalized spacial score (nSPS) is 12.8. The molecular weight excluding hydrogens is 364 g/mol. The van der Waals surface area contributed by atoms with Crippen LogP contribution in [0.3, 0.4) is 0 Å². The summed E-state index contributed by atoms with van der Waals surface area (Å²) in [5.41, 5.74) is 10.2. The predicted octanol–water partition coefficient (Wildman–Crippen LogP) is 4.62. The monoisotopic (exact) mass is 383 g/mol. The Morgan fingerprint density at radius 3 is 2.61 bits per heavy atom. The molecule has 0 saturated heterocycles. The van der Waals surface area contributed by atoms with E-state index >= 15 is 0 Å². The molecule has 1 atom stereocenters. The van der Waals surface area contributed by atoms with Crippen molar-refractivity contribution in [3.8, 4) is 22.7 Å². The van der Waals surface area contributed by atoms with Crippen LogP contribution in [-0.4, -0.2) is 25.8 Å². The number of halogens is 2. The van der Waals surface area contributed by atoms with Crippen molar-refractivity contribution in [2.75, 3.05) is 5.73 Å². The Bertz CT molecular complexity index is 1160. The van der Waals surface area contributed by atoms with Crippen molar-refractivity contribution in [1.82, 2.24) is 19.4 Å². The number of fused-ring (bicyclic) bond motifs is 1. The van der Waals surface area contributed by atoms with Gasteiger partial charge in [0.1, 0.15) is 5.69 Å². The van der Waals surface area contributed by atoms with Gasteiger partial charge in [0.15, 0.2) is 23.1 Å². The molecule has 3 heterocycles. The van der Waals surface area contributed by atoms with Crippen molar-refractivity contribution >= 4 is 11.5 Å². The van der Waals surface area contributed by atoms with Crippen molar-refractivity contribution in [1.29, 1.82) is 0 Å². The van der Waals surface area contributed by atoms with Gasteiger partial charge in [-0.1, -0.05) is 19.1 Å². The zero-order chi connectivity index (χ0) is 20.0. The van der Waals surface area contributed by atoms with E-state index in [4.69, 9.17) is 10.2 Å². The number of aromatic nitrogens is 4. The minimum Gasteiger partial charge on any atom is -0.439 e. The molecule has 0 aliphatic heterocycles. The van der Waals surface area contributed by atoms with Crippen LogP contribution in [0.4, 0.5) is 14.6 Å². The van der Waals surface area contributed by atoms with Gasteiger partial charge in [-0.05, 0) is 24.1 Å². The summed E-state index contributed by atoms with van der Waals surface area (Å²) in [6.07, 6.45) is 2.58. The third kappa shape index (κ3) is 3.00. The lowest BCUT2D eigenvalue weighted by Gasteiger charge is -2.14. The molecule has 3 aromatic heterocycles. The number of oxazole rings is 1. The molecule has 0 radical (unpaired) electrons. The van der Waals surface area contributed by atoms with E-state index in [-0.39, 0.29) is 5.82 Å². The standard InChI is InChI=1S/C20H19F2N5O/c1-10-4-5-13(11(2)18(21)22)6-14(10)16-7-25-20-19(23)26-15(9-27(16)20)17-8-24-12(3)28-17/h4-9,11,18H,1-3H3,(H2,23,26). The molecule has 144 valence electrons. The SMILES string of the molecule is Cc1ncc(-c2cn3c(-c4cc(C(C)C(F)F)ccc4C)cnc3c(N)n2)o1. The summed E-state index contributed by atoms with van der Waals surface area (Å²) in [6, 6.07) is 5.36. The number of nitrogens with zero attached hydrogens (tertiary/aromatic N) is 4. The van der Waals surface area contributed by atoms with Crippen LogP contribution in [0.25, 0.3) is 28.4 Å². The van der Waals surface area contributed by atoms with Crippen LogP contribution in [0.5, 0.6) is 0 Å². The molecule has 0 amide bonds. The molecule has 6 nitrogen and oxygen atoms in total. The molecule has 8 heteroatoms. The molecule has 2 N–H and O–H groups in total. The van der Waals surface area contributed by atoms with Crippen molar-refractivity contribution in [3.63, 3.8) is 0 Å². The second kappa shape index (κ2) is 6.70. The van der Waals surface area contributed by atoms with Crippen LogP contribution in [0.15, 0.2) is 41.2 Å². The van der Waals surface area contributed by atoms with Gasteiger partial charge in [-0.3, -0.25) is 4.40 Å². The number of nitrogens with two attached hydrogens (primary N) is 1. The van der Waals surface area contributed by atoms with Crippen LogP contribution in [0.1, 0.15) is 29.9 Å². The molecule has 1 unspecified atom stereocenters. The van der Waals surface area contributed by atoms with Crippen molar-refractivity contribution in [2.45, 2.75) is 33.1 Å². The maximum atomic E-state index is 13.2. The van der Waals surface area contributed by atoms with Crippen LogP contribution in [0.2, 0.25) is 0 Å². The molecule has 1 aromatic carbocycles. The highest BCUT2D eigenvalue weighted by atomic mass is 19.3. The number of rotatable bonds is 4. The first-order valence-corrected chi connectivity index (χ1v) is 8.80. The molecule has 28 heavy (non-hydrogen) atoms. The number of hydrogen-bond acceptors (Lipinski definition) is 5. The average Bonchev–Trinajstić information content (AvgIpc) is 3.28. The third-order valence-electron chi connectivity index (χ3n) is 4.83. The maximum absolute atomic E-state index is 13.2. The van der Waals surface area contributed by atoms with E-state index in [2.05, 4.69) is 15.0 Å². The van der Waals surface area contributed by atoms with E-state index in [9.17, 15) is 8.78 Å². The lowest BCUT2D eigenvalue weighted by Crippen LogP contribution is -2.05. The Hall–Kier alpha value is -3.29. The van der Waals surface area contributed by atoms with Gasteiger partial charge in [-0.2, -0.15) is 0 Å². The maximum Gasteiger partial charge on any atom is 0.245 e. The Morgan fingerprint density at radius 1 is 1.14 bits per heavy atom. The summed E-state index contributed by atoms with van der Waals surface area (Å²) in [5.74, 6) is 0.388. The number of benzene rings is 1. The summed E-state index contributed by atoms with van der Waals surface area (Å²) in [4.78, 5) is 12.8. The number of alkyl halides is 2. The summed E-state index contributed by atoms with van der Waals surface area (Å²) < 4.78 is 33.7. The summed E-state index contributed by atoms with van der Waals surface area (Å²) in [5, 5.41) is 0. The fourth-order valence-corrected chi connectivity index (χ4v) is 3.15. The lowest BCUT2D eigenvalue weighted by molar-refractivity contribution is 0.121. The highest BCUT2D eigenvalue weighted by Gasteiger charge is 2.20. The Labute approximate surface area is 160 Å². The molecule has 0 saturated carbocycles. The first-order chi connectivity index (χ1) is 13.3. The van der Waals surface area contributed by atoms with Gasteiger partial charge >= 0.3 is 0 Å². The van der Waals surface area contributed by atoms with Crippen molar-refractivity contribution < 1.29 is 13.2 Å². The summed E-state index contributed by atoms with van der Waals surface area (Å²) in [6.45, 7) is 5.18. The Balaban J connectivity index is 1.90. The molecular formula is C20H19F2N5O. The highest BCUT2D eigenvalue weighted by Crippen LogP contribution is 2.32. The highest BCUT2D eigenvalue weighted by molar-refractivity contribution is 5.73. The first-order valence-electron chi connectivity index (χ1n) is 8.80. The zero-order valence-electron chi connectivity index (χ0n) is 15.6. The molecule has 4 aromatic rings. The minimum atomic E-state index is -2.43. The Kier molecular flexibility index (Phi) is 4.33. The molecule has 0 aliphatic rings. The summed E-state index contributed by atoms with van der Waals surface area (Å²) >= 11 is 0. The number of nitrogen functional groups attached to an aromatic ring is 1. The van der Waals surface area contributed by atoms with E-state index in [0.717, 1.165) is 16.8 Å². The van der Waals surface area contributed by atoms with Crippen LogP contribution >= 0.6 is 0 Å². The topological polar surface area (TPSA) is 82.2 Å². The van der Waals surface area contributed by atoms with Gasteiger partial charge in [0.05, 0.1) is 18.1 Å². The van der Waals surface area contributed by atoms with Gasteiger partial charge in [-0.15, -0.1) is 0 Å². The van der Waals surface area contributed by atoms with E-state index in [1.807, 2.05) is 13.0 Å². The molecule has 4 rings (SSSR count). The fourth-order valence-electron chi connectivity index (χ4n) is 3.15. The third-order valence-corrected chi connectivity index (χ3v) is 4.83. The van der Waals surface area contributed by atoms with E-state index in [1.165, 1.54) is 6.92 Å². The molecule has 0 fully saturated rings. The van der Waals surface area contributed by atoms with Crippen LogP contribution < -0.4 is 5.73 Å². The molecule has 0 bridgehead atoms. The Morgan fingerprint density at radius 2 is 1.93 bits per heavy atom. The van der Waals surface area contributed by atoms with Gasteiger partial charge in [-0.25, -0.2) is 23.7 Å². The van der Waals surface area contributed by atoms with Gasteiger partial charge in [0.2, 0.25) is 6.43 Å². The smallest absolute Gasteiger partial charge is 0.245 e. The van der Waals surface area contributed by atoms with E-state index in [1.54, 1.807) is 42.0 Å². The van der Waals surface area contributed by atoms with E-state index in [0.29, 0.717) is 28.6 Å². The van der Waals surface area contributed by atoms with Gasteiger partial charge < -0.3 is 10.2 Å². The second-order valence-electron chi connectivity index (χ2n) is 6.79. The quantitative estimate of drug-likeness (QED) is 0.556. The largest absolute Gasteiger partial charge is 0.439 e. The number of hydrogen-bond donors (Lipinski definition) is 1. The van der Waals surface area contributed by atoms with Gasteiger partial charge in [0.25, 0.3) is 0 Å². The minimum absolute atomic E-state index is 0.243. The number of anilines is 1. The summed E-state index contributed by atoms with van der Waals surface area (Å²) in [7, 11) is 0. The van der Waals surface area contributed by atoms with Gasteiger partial charge in [0, 0.05) is 24.6 Å². The number of imidazole rings is 1. The lowest BCUT2D eigenvalue weighted by atomic mass is 9.95. The average molecular weight is 383 g/mol.